The van der Waals surface area contributed by atoms with Gasteiger partial charge in [-0.05, 0) is 65.2 Å². The van der Waals surface area contributed by atoms with E-state index >= 15 is 0 Å². The van der Waals surface area contributed by atoms with Crippen molar-refractivity contribution in [3.05, 3.63) is 61.1 Å². The molecule has 0 saturated heterocycles. The van der Waals surface area contributed by atoms with E-state index in [2.05, 4.69) is 37.0 Å². The molecule has 0 aliphatic carbocycles. The number of hydrogen-bond donors (Lipinski definition) is 3. The van der Waals surface area contributed by atoms with Crippen molar-refractivity contribution in [2.75, 3.05) is 56.9 Å². The fraction of sp³-hybridized carbons (Fsp3) is 0.333. The van der Waals surface area contributed by atoms with Crippen LogP contribution in [0.3, 0.4) is 0 Å². The molecule has 0 radical (unpaired) electrons. The Kier molecular flexibility index (Phi) is 8.60. The summed E-state index contributed by atoms with van der Waals surface area (Å²) in [5.41, 5.74) is 3.98. The number of anilines is 4. The van der Waals surface area contributed by atoms with Gasteiger partial charge in [-0.15, -0.1) is 0 Å². The van der Waals surface area contributed by atoms with E-state index in [0.717, 1.165) is 41.2 Å². The quantitative estimate of drug-likeness (QED) is 0.231. The number of fused-ring (bicyclic) bond motifs is 1. The second kappa shape index (κ2) is 11.9. The van der Waals surface area contributed by atoms with E-state index in [1.54, 1.807) is 37.8 Å². The van der Waals surface area contributed by atoms with Gasteiger partial charge in [0.2, 0.25) is 11.9 Å². The number of aromatic nitrogens is 4. The Morgan fingerprint density at radius 3 is 2.54 bits per heavy atom. The maximum Gasteiger partial charge on any atom is 0.247 e. The van der Waals surface area contributed by atoms with Crippen LogP contribution in [0.4, 0.5) is 23.0 Å². The van der Waals surface area contributed by atoms with Crippen LogP contribution < -0.4 is 20.3 Å². The van der Waals surface area contributed by atoms with Crippen LogP contribution >= 0.6 is 0 Å². The van der Waals surface area contributed by atoms with Gasteiger partial charge < -0.3 is 30.3 Å². The highest BCUT2D eigenvalue weighted by Gasteiger charge is 2.22. The number of ether oxygens (including phenoxy) is 1. The zero-order chi connectivity index (χ0) is 29.9. The van der Waals surface area contributed by atoms with Crippen LogP contribution in [-0.4, -0.2) is 76.8 Å². The van der Waals surface area contributed by atoms with E-state index < -0.39 is 5.72 Å². The molecule has 0 unspecified atom stereocenters. The summed E-state index contributed by atoms with van der Waals surface area (Å²) >= 11 is 0. The van der Waals surface area contributed by atoms with Gasteiger partial charge >= 0.3 is 0 Å². The number of likely N-dealkylation sites (N-methyl/N-ethyl adjacent to an activating group) is 2. The molecule has 2 heterocycles. The molecule has 0 saturated carbocycles. The van der Waals surface area contributed by atoms with Crippen LogP contribution in [0.5, 0.6) is 5.75 Å². The Bertz CT molecular complexity index is 1570. The van der Waals surface area contributed by atoms with E-state index in [1.165, 1.54) is 6.08 Å². The molecule has 216 valence electrons. The van der Waals surface area contributed by atoms with Gasteiger partial charge in [-0.2, -0.15) is 0 Å². The van der Waals surface area contributed by atoms with E-state index in [-0.39, 0.29) is 5.91 Å². The summed E-state index contributed by atoms with van der Waals surface area (Å²) in [5.74, 6) is 1.31. The van der Waals surface area contributed by atoms with Crippen LogP contribution in [0, 0.1) is 6.92 Å². The van der Waals surface area contributed by atoms with Gasteiger partial charge in [0.1, 0.15) is 17.3 Å². The number of amides is 1. The van der Waals surface area contributed by atoms with Crippen LogP contribution in [0.2, 0.25) is 0 Å². The molecule has 11 nitrogen and oxygen atoms in total. The van der Waals surface area contributed by atoms with E-state index in [0.29, 0.717) is 28.8 Å². The molecular formula is C30H38N8O3. The number of benzene rings is 2. The summed E-state index contributed by atoms with van der Waals surface area (Å²) in [4.78, 5) is 30.2. The molecule has 2 aromatic heterocycles. The lowest BCUT2D eigenvalue weighted by atomic mass is 10.1. The largest absolute Gasteiger partial charge is 0.494 e. The first-order valence-electron chi connectivity index (χ1n) is 13.2. The number of carbonyl (C=O) groups excluding carboxylic acids is 1. The van der Waals surface area contributed by atoms with Crippen molar-refractivity contribution in [3.63, 3.8) is 0 Å². The zero-order valence-corrected chi connectivity index (χ0v) is 24.7. The summed E-state index contributed by atoms with van der Waals surface area (Å²) in [6.45, 7) is 10.5. The highest BCUT2D eigenvalue weighted by atomic mass is 16.5. The van der Waals surface area contributed by atoms with Gasteiger partial charge in [0.05, 0.1) is 40.9 Å². The van der Waals surface area contributed by atoms with Crippen molar-refractivity contribution in [1.82, 2.24) is 24.4 Å². The first kappa shape index (κ1) is 29.5. The van der Waals surface area contributed by atoms with Crippen LogP contribution in [-0.2, 0) is 10.5 Å². The Labute approximate surface area is 240 Å². The molecule has 3 N–H and O–H groups in total. The standard InChI is InChI=1S/C30H38N8O3/c1-9-28(39)33-23-17-24(27(41-8)18-25(23)37(7)15-14-36(5)6)35-29-31-13-12-21(34-29)20-10-11-22-26(16-20)38(19(2)32-22)30(3,4)40/h9-13,16-18,40H,1,14-15H2,2-8H3,(H,33,39)(H,31,34,35). The van der Waals surface area contributed by atoms with E-state index in [4.69, 9.17) is 9.72 Å². The molecule has 2 aromatic carbocycles. The van der Waals surface area contributed by atoms with Gasteiger partial charge in [-0.3, -0.25) is 9.36 Å². The number of aryl methyl sites for hydroxylation is 1. The maximum absolute atomic E-state index is 12.3. The van der Waals surface area contributed by atoms with Crippen molar-refractivity contribution in [2.45, 2.75) is 26.5 Å². The smallest absolute Gasteiger partial charge is 0.247 e. The van der Waals surface area contributed by atoms with Crippen molar-refractivity contribution in [2.24, 2.45) is 0 Å². The minimum absolute atomic E-state index is 0.322. The molecule has 0 spiro atoms. The number of rotatable bonds is 11. The summed E-state index contributed by atoms with van der Waals surface area (Å²) in [7, 11) is 7.57. The second-order valence-electron chi connectivity index (χ2n) is 10.6. The van der Waals surface area contributed by atoms with Crippen LogP contribution in [0.15, 0.2) is 55.3 Å². The molecule has 11 heteroatoms. The number of hydrogen-bond acceptors (Lipinski definition) is 9. The third-order valence-corrected chi connectivity index (χ3v) is 6.62. The minimum Gasteiger partial charge on any atom is -0.494 e. The summed E-state index contributed by atoms with van der Waals surface area (Å²) in [5, 5.41) is 16.9. The first-order valence-corrected chi connectivity index (χ1v) is 13.2. The second-order valence-corrected chi connectivity index (χ2v) is 10.6. The van der Waals surface area contributed by atoms with Crippen molar-refractivity contribution in [1.29, 1.82) is 0 Å². The molecule has 0 atom stereocenters. The van der Waals surface area contributed by atoms with Gasteiger partial charge in [0.25, 0.3) is 0 Å². The monoisotopic (exact) mass is 558 g/mol. The number of nitrogens with one attached hydrogen (secondary N) is 2. The summed E-state index contributed by atoms with van der Waals surface area (Å²) in [6.07, 6.45) is 2.90. The van der Waals surface area contributed by atoms with Gasteiger partial charge in [-0.1, -0.05) is 12.6 Å². The lowest BCUT2D eigenvalue weighted by molar-refractivity contribution is -0.111. The lowest BCUT2D eigenvalue weighted by Gasteiger charge is -2.26. The van der Waals surface area contributed by atoms with Crippen molar-refractivity contribution in [3.8, 4) is 17.0 Å². The predicted molar refractivity (Wildman–Crippen MR) is 164 cm³/mol. The molecule has 0 bridgehead atoms. The fourth-order valence-corrected chi connectivity index (χ4v) is 4.65. The fourth-order valence-electron chi connectivity index (χ4n) is 4.65. The van der Waals surface area contributed by atoms with Crippen molar-refractivity contribution < 1.29 is 14.6 Å². The van der Waals surface area contributed by atoms with E-state index in [9.17, 15) is 9.90 Å². The summed E-state index contributed by atoms with van der Waals surface area (Å²) in [6, 6.07) is 11.3. The van der Waals surface area contributed by atoms with Gasteiger partial charge in [0.15, 0.2) is 0 Å². The third kappa shape index (κ3) is 6.64. The SMILES string of the molecule is C=CC(=O)Nc1cc(Nc2nccc(-c3ccc4nc(C)n(C(C)(C)O)c4c3)n2)c(OC)cc1N(C)CCN(C)C. The first-order chi connectivity index (χ1) is 19.4. The van der Waals surface area contributed by atoms with Gasteiger partial charge in [-0.25, -0.2) is 15.0 Å². The number of nitrogens with zero attached hydrogens (tertiary/aromatic N) is 6. The molecule has 41 heavy (non-hydrogen) atoms. The number of carbonyl (C=O) groups is 1. The lowest BCUT2D eigenvalue weighted by Crippen LogP contribution is -2.29. The number of methoxy groups -OCH3 is 1. The molecule has 0 fully saturated rings. The molecule has 0 aliphatic heterocycles. The Morgan fingerprint density at radius 2 is 1.88 bits per heavy atom. The average Bonchev–Trinajstić information content (AvgIpc) is 3.27. The number of imidazole rings is 1. The normalized spacial score (nSPS) is 11.5. The minimum atomic E-state index is -1.11. The molecular weight excluding hydrogens is 520 g/mol. The molecule has 0 aliphatic rings. The predicted octanol–water partition coefficient (Wildman–Crippen LogP) is 4.36. The maximum atomic E-state index is 12.3. The topological polar surface area (TPSA) is 121 Å². The molecule has 4 rings (SSSR count). The highest BCUT2D eigenvalue weighted by molar-refractivity contribution is 6.02. The Hall–Kier alpha value is -4.48. The van der Waals surface area contributed by atoms with Gasteiger partial charge in [0, 0.05) is 38.0 Å². The average molecular weight is 559 g/mol. The Morgan fingerprint density at radius 1 is 1.12 bits per heavy atom. The Balaban J connectivity index is 1.71. The highest BCUT2D eigenvalue weighted by Crippen LogP contribution is 2.38. The van der Waals surface area contributed by atoms with Crippen LogP contribution in [0.25, 0.3) is 22.3 Å². The molecule has 4 aromatic rings. The zero-order valence-electron chi connectivity index (χ0n) is 24.7. The van der Waals surface area contributed by atoms with Crippen molar-refractivity contribution >= 4 is 40.0 Å². The summed E-state index contributed by atoms with van der Waals surface area (Å²) < 4.78 is 7.51. The van der Waals surface area contributed by atoms with Crippen LogP contribution in [0.1, 0.15) is 19.7 Å². The number of aliphatic hydroxyl groups is 1. The third-order valence-electron chi connectivity index (χ3n) is 6.62. The van der Waals surface area contributed by atoms with E-state index in [1.807, 2.05) is 58.4 Å². The molecule has 1 amide bonds.